The Bertz CT molecular complexity index is 1030. The molecule has 2 aromatic heterocycles. The van der Waals surface area contributed by atoms with Gasteiger partial charge in [-0.25, -0.2) is 23.8 Å². The van der Waals surface area contributed by atoms with Gasteiger partial charge in [0.1, 0.15) is 17.5 Å². The number of amides is 2. The normalized spacial score (nSPS) is 10.7. The van der Waals surface area contributed by atoms with Crippen LogP contribution in [0.25, 0.3) is 5.82 Å². The second kappa shape index (κ2) is 8.68. The predicted molar refractivity (Wildman–Crippen MR) is 110 cm³/mol. The Kier molecular flexibility index (Phi) is 6.06. The molecule has 0 radical (unpaired) electrons. The molecule has 3 rings (SSSR count). The highest BCUT2D eigenvalue weighted by atomic mass is 19.1. The molecule has 0 fully saturated rings. The minimum absolute atomic E-state index is 0.359. The number of anilines is 2. The molecular formula is C20H24FN7O. The molecule has 152 valence electrons. The number of aryl methyl sites for hydroxylation is 3. The number of aromatic nitrogens is 4. The number of urea groups is 1. The molecule has 2 amide bonds. The van der Waals surface area contributed by atoms with E-state index in [4.69, 9.17) is 0 Å². The van der Waals surface area contributed by atoms with E-state index in [9.17, 15) is 9.18 Å². The maximum Gasteiger partial charge on any atom is 0.319 e. The number of nitrogens with zero attached hydrogens (tertiary/aromatic N) is 4. The summed E-state index contributed by atoms with van der Waals surface area (Å²) in [6.45, 7) is 8.14. The number of halogens is 1. The van der Waals surface area contributed by atoms with Gasteiger partial charge >= 0.3 is 6.03 Å². The fraction of sp³-hybridized carbons (Fsp3) is 0.300. The van der Waals surface area contributed by atoms with E-state index in [0.717, 1.165) is 11.4 Å². The first kappa shape index (κ1) is 20.2. The molecule has 8 nitrogen and oxygen atoms in total. The van der Waals surface area contributed by atoms with Crippen molar-refractivity contribution >= 4 is 17.5 Å². The van der Waals surface area contributed by atoms with Crippen LogP contribution in [0.5, 0.6) is 0 Å². The first-order valence-corrected chi connectivity index (χ1v) is 9.26. The van der Waals surface area contributed by atoms with Gasteiger partial charge in [0.25, 0.3) is 0 Å². The third-order valence-electron chi connectivity index (χ3n) is 4.28. The zero-order valence-electron chi connectivity index (χ0n) is 16.9. The van der Waals surface area contributed by atoms with E-state index in [1.807, 2.05) is 32.9 Å². The van der Waals surface area contributed by atoms with E-state index in [-0.39, 0.29) is 5.82 Å². The molecule has 0 saturated carbocycles. The molecule has 0 bridgehead atoms. The number of nitrogens with one attached hydrogen (secondary N) is 3. The van der Waals surface area contributed by atoms with Crippen molar-refractivity contribution in [3.05, 3.63) is 58.9 Å². The second-order valence-electron chi connectivity index (χ2n) is 6.72. The van der Waals surface area contributed by atoms with Crippen molar-refractivity contribution in [3.8, 4) is 5.82 Å². The number of benzene rings is 1. The van der Waals surface area contributed by atoms with Crippen molar-refractivity contribution in [3.63, 3.8) is 0 Å². The number of rotatable bonds is 6. The highest BCUT2D eigenvalue weighted by Gasteiger charge is 2.09. The summed E-state index contributed by atoms with van der Waals surface area (Å²) in [5.74, 6) is 1.58. The summed E-state index contributed by atoms with van der Waals surface area (Å²) in [4.78, 5) is 20.8. The summed E-state index contributed by atoms with van der Waals surface area (Å²) in [6.07, 6.45) is 0. The standard InChI is InChI=1S/C20H24FN7O/c1-12-10-13(2)28(27-12)19-11-18(24-15(4)25-19)22-8-9-23-20(29)26-17-7-5-6-16(21)14(17)3/h5-7,10-11H,8-9H2,1-4H3,(H,22,24,25)(H2,23,26,29). The zero-order valence-corrected chi connectivity index (χ0v) is 16.9. The monoisotopic (exact) mass is 397 g/mol. The maximum atomic E-state index is 13.5. The zero-order chi connectivity index (χ0) is 21.0. The fourth-order valence-corrected chi connectivity index (χ4v) is 2.89. The lowest BCUT2D eigenvalue weighted by Gasteiger charge is -2.12. The van der Waals surface area contributed by atoms with Gasteiger partial charge in [0.15, 0.2) is 5.82 Å². The summed E-state index contributed by atoms with van der Waals surface area (Å²) in [5, 5.41) is 13.0. The number of carbonyl (C=O) groups is 1. The van der Waals surface area contributed by atoms with Gasteiger partial charge in [-0.2, -0.15) is 5.10 Å². The van der Waals surface area contributed by atoms with E-state index in [0.29, 0.717) is 41.8 Å². The van der Waals surface area contributed by atoms with Gasteiger partial charge in [-0.1, -0.05) is 6.07 Å². The van der Waals surface area contributed by atoms with Crippen molar-refractivity contribution in [2.24, 2.45) is 0 Å². The van der Waals surface area contributed by atoms with Crippen molar-refractivity contribution in [2.45, 2.75) is 27.7 Å². The van der Waals surface area contributed by atoms with Crippen LogP contribution < -0.4 is 16.0 Å². The Hall–Kier alpha value is -3.49. The topological polar surface area (TPSA) is 96.8 Å². The van der Waals surface area contributed by atoms with Crippen LogP contribution in [-0.2, 0) is 0 Å². The van der Waals surface area contributed by atoms with Crippen LogP contribution in [0.2, 0.25) is 0 Å². The molecule has 0 saturated heterocycles. The molecule has 3 aromatic rings. The van der Waals surface area contributed by atoms with Gasteiger partial charge < -0.3 is 16.0 Å². The average Bonchev–Trinajstić information content (AvgIpc) is 3.00. The van der Waals surface area contributed by atoms with Crippen LogP contribution in [0.3, 0.4) is 0 Å². The van der Waals surface area contributed by atoms with Gasteiger partial charge in [0.2, 0.25) is 0 Å². The van der Waals surface area contributed by atoms with Crippen LogP contribution in [0.15, 0.2) is 30.3 Å². The summed E-state index contributed by atoms with van der Waals surface area (Å²) in [5.41, 5.74) is 2.74. The molecule has 3 N–H and O–H groups in total. The molecule has 0 spiro atoms. The smallest absolute Gasteiger partial charge is 0.319 e. The highest BCUT2D eigenvalue weighted by Crippen LogP contribution is 2.17. The lowest BCUT2D eigenvalue weighted by Crippen LogP contribution is -2.33. The number of hydrogen-bond donors (Lipinski definition) is 3. The van der Waals surface area contributed by atoms with Crippen molar-refractivity contribution < 1.29 is 9.18 Å². The molecule has 1 aromatic carbocycles. The van der Waals surface area contributed by atoms with Crippen molar-refractivity contribution in [1.82, 2.24) is 25.1 Å². The van der Waals surface area contributed by atoms with Gasteiger partial charge in [-0.3, -0.25) is 0 Å². The van der Waals surface area contributed by atoms with Crippen LogP contribution in [0.1, 0.15) is 22.8 Å². The Morgan fingerprint density at radius 3 is 2.62 bits per heavy atom. The average molecular weight is 397 g/mol. The minimum atomic E-state index is -0.400. The summed E-state index contributed by atoms with van der Waals surface area (Å²) in [6, 6.07) is 7.95. The van der Waals surface area contributed by atoms with E-state index in [2.05, 4.69) is 31.0 Å². The third-order valence-corrected chi connectivity index (χ3v) is 4.28. The van der Waals surface area contributed by atoms with Crippen LogP contribution >= 0.6 is 0 Å². The number of hydrogen-bond acceptors (Lipinski definition) is 5. The van der Waals surface area contributed by atoms with E-state index in [1.165, 1.54) is 6.07 Å². The van der Waals surface area contributed by atoms with Gasteiger partial charge in [0.05, 0.1) is 5.69 Å². The second-order valence-corrected chi connectivity index (χ2v) is 6.72. The highest BCUT2D eigenvalue weighted by molar-refractivity contribution is 5.90. The van der Waals surface area contributed by atoms with Gasteiger partial charge in [-0.05, 0) is 45.9 Å². The molecular weight excluding hydrogens is 373 g/mol. The van der Waals surface area contributed by atoms with Crippen LogP contribution in [0.4, 0.5) is 20.7 Å². The molecule has 0 aliphatic rings. The molecule has 0 aliphatic carbocycles. The number of carbonyl (C=O) groups excluding carboxylic acids is 1. The SMILES string of the molecule is Cc1cc(C)n(-c2cc(NCCNC(=O)Nc3cccc(F)c3C)nc(C)n2)n1. The quantitative estimate of drug-likeness (QED) is 0.555. The fourth-order valence-electron chi connectivity index (χ4n) is 2.89. The lowest BCUT2D eigenvalue weighted by atomic mass is 10.2. The van der Waals surface area contributed by atoms with Crippen molar-refractivity contribution in [2.75, 3.05) is 23.7 Å². The van der Waals surface area contributed by atoms with Crippen molar-refractivity contribution in [1.29, 1.82) is 0 Å². The molecule has 0 atom stereocenters. The Morgan fingerprint density at radius 1 is 1.10 bits per heavy atom. The van der Waals surface area contributed by atoms with E-state index < -0.39 is 6.03 Å². The summed E-state index contributed by atoms with van der Waals surface area (Å²) < 4.78 is 15.3. The summed E-state index contributed by atoms with van der Waals surface area (Å²) >= 11 is 0. The van der Waals surface area contributed by atoms with E-state index >= 15 is 0 Å². The molecule has 29 heavy (non-hydrogen) atoms. The van der Waals surface area contributed by atoms with Gasteiger partial charge in [-0.15, -0.1) is 0 Å². The first-order chi connectivity index (χ1) is 13.8. The molecule has 0 unspecified atom stereocenters. The Labute approximate surface area is 168 Å². The summed E-state index contributed by atoms with van der Waals surface area (Å²) in [7, 11) is 0. The lowest BCUT2D eigenvalue weighted by molar-refractivity contribution is 0.252. The maximum absolute atomic E-state index is 13.5. The Morgan fingerprint density at radius 2 is 1.90 bits per heavy atom. The van der Waals surface area contributed by atoms with Crippen LogP contribution in [0, 0.1) is 33.5 Å². The third kappa shape index (κ3) is 5.07. The van der Waals surface area contributed by atoms with Gasteiger partial charge in [0, 0.05) is 36.1 Å². The predicted octanol–water partition coefficient (Wildman–Crippen LogP) is 3.27. The molecule has 0 aliphatic heterocycles. The minimum Gasteiger partial charge on any atom is -0.368 e. The van der Waals surface area contributed by atoms with Crippen LogP contribution in [-0.4, -0.2) is 38.9 Å². The molecule has 9 heteroatoms. The van der Waals surface area contributed by atoms with E-state index in [1.54, 1.807) is 23.7 Å². The Balaban J connectivity index is 1.55. The molecule has 2 heterocycles. The largest absolute Gasteiger partial charge is 0.368 e. The first-order valence-electron chi connectivity index (χ1n) is 9.26.